The molecule has 206 valence electrons. The average molecular weight is 534 g/mol. The van der Waals surface area contributed by atoms with Crippen molar-refractivity contribution in [2.24, 2.45) is 5.92 Å². The summed E-state index contributed by atoms with van der Waals surface area (Å²) in [5.74, 6) is -0.355. The standard InChI is InChI=1S/C29H35N5O5/c1-19(2)29(37)34-14-12-33(13-15-34)26(28(36)32-38)17-30-27(35)21-8-10-23(11-9-21)39-18-22-16-20(3)31-25-7-5-4-6-24(22)25/h4-11,16,19,26,38H,12-15,17-18H2,1-3H3,(H,30,35)(H,32,36)/t26-/m0/s1. The van der Waals surface area contributed by atoms with Crippen molar-refractivity contribution in [1.29, 1.82) is 0 Å². The molecule has 2 heterocycles. The average Bonchev–Trinajstić information content (AvgIpc) is 2.95. The van der Waals surface area contributed by atoms with Crippen molar-refractivity contribution >= 4 is 28.6 Å². The molecule has 0 spiro atoms. The van der Waals surface area contributed by atoms with E-state index in [0.29, 0.717) is 44.1 Å². The van der Waals surface area contributed by atoms with E-state index >= 15 is 0 Å². The first-order chi connectivity index (χ1) is 18.8. The van der Waals surface area contributed by atoms with Crippen molar-refractivity contribution in [1.82, 2.24) is 25.6 Å². The molecule has 0 aliphatic carbocycles. The normalized spacial score (nSPS) is 14.7. The van der Waals surface area contributed by atoms with Crippen LogP contribution in [-0.2, 0) is 16.2 Å². The minimum absolute atomic E-state index is 0.00999. The lowest BCUT2D eigenvalue weighted by atomic mass is 10.1. The number of carbonyl (C=O) groups is 3. The molecule has 1 fully saturated rings. The van der Waals surface area contributed by atoms with Gasteiger partial charge in [-0.2, -0.15) is 0 Å². The Bertz CT molecular complexity index is 1320. The number of aromatic nitrogens is 1. The third-order valence-corrected chi connectivity index (χ3v) is 6.87. The summed E-state index contributed by atoms with van der Waals surface area (Å²) in [6.45, 7) is 7.93. The monoisotopic (exact) mass is 533 g/mol. The number of carbonyl (C=O) groups excluding carboxylic acids is 3. The number of hydrogen-bond acceptors (Lipinski definition) is 7. The summed E-state index contributed by atoms with van der Waals surface area (Å²) in [7, 11) is 0. The maximum absolute atomic E-state index is 12.8. The van der Waals surface area contributed by atoms with Gasteiger partial charge in [0, 0.05) is 60.8 Å². The van der Waals surface area contributed by atoms with Gasteiger partial charge in [-0.15, -0.1) is 0 Å². The number of nitrogens with zero attached hydrogens (tertiary/aromatic N) is 3. The van der Waals surface area contributed by atoms with Gasteiger partial charge in [0.2, 0.25) is 5.91 Å². The second-order valence-electron chi connectivity index (χ2n) is 9.97. The zero-order chi connectivity index (χ0) is 27.9. The quantitative estimate of drug-likeness (QED) is 0.285. The molecule has 1 aliphatic heterocycles. The number of para-hydroxylation sites is 1. The van der Waals surface area contributed by atoms with Gasteiger partial charge in [0.15, 0.2) is 0 Å². The summed E-state index contributed by atoms with van der Waals surface area (Å²) < 4.78 is 5.98. The molecule has 0 unspecified atom stereocenters. The van der Waals surface area contributed by atoms with Crippen LogP contribution < -0.4 is 15.5 Å². The predicted molar refractivity (Wildman–Crippen MR) is 146 cm³/mol. The van der Waals surface area contributed by atoms with Gasteiger partial charge in [0.1, 0.15) is 18.4 Å². The van der Waals surface area contributed by atoms with Gasteiger partial charge in [0.05, 0.1) is 5.52 Å². The van der Waals surface area contributed by atoms with Gasteiger partial charge >= 0.3 is 0 Å². The molecule has 1 saturated heterocycles. The van der Waals surface area contributed by atoms with Crippen LogP contribution in [0.5, 0.6) is 5.75 Å². The SMILES string of the molecule is Cc1cc(COc2ccc(C(=O)NC[C@@H](C(=O)NO)N3CCN(C(=O)C(C)C)CC3)cc2)c2ccccc2n1. The van der Waals surface area contributed by atoms with Gasteiger partial charge in [-0.1, -0.05) is 32.0 Å². The van der Waals surface area contributed by atoms with E-state index < -0.39 is 11.9 Å². The first-order valence-corrected chi connectivity index (χ1v) is 13.1. The Labute approximate surface area is 227 Å². The highest BCUT2D eigenvalue weighted by Crippen LogP contribution is 2.21. The van der Waals surface area contributed by atoms with Crippen molar-refractivity contribution in [3.63, 3.8) is 0 Å². The highest BCUT2D eigenvalue weighted by Gasteiger charge is 2.31. The van der Waals surface area contributed by atoms with Crippen molar-refractivity contribution in [2.75, 3.05) is 32.7 Å². The Morgan fingerprint density at radius 1 is 1.03 bits per heavy atom. The number of hydrogen-bond donors (Lipinski definition) is 3. The number of nitrogens with one attached hydrogen (secondary N) is 2. The first kappa shape index (κ1) is 28.0. The van der Waals surface area contributed by atoms with E-state index in [1.807, 2.05) is 56.0 Å². The smallest absolute Gasteiger partial charge is 0.262 e. The molecule has 0 radical (unpaired) electrons. The van der Waals surface area contributed by atoms with Gasteiger partial charge in [-0.25, -0.2) is 5.48 Å². The lowest BCUT2D eigenvalue weighted by molar-refractivity contribution is -0.139. The van der Waals surface area contributed by atoms with Crippen LogP contribution in [0.25, 0.3) is 10.9 Å². The molecular formula is C29H35N5O5. The Morgan fingerprint density at radius 3 is 2.38 bits per heavy atom. The molecule has 3 amide bonds. The molecule has 2 aromatic carbocycles. The maximum atomic E-state index is 12.8. The molecule has 10 heteroatoms. The van der Waals surface area contributed by atoms with Crippen molar-refractivity contribution in [2.45, 2.75) is 33.4 Å². The molecule has 39 heavy (non-hydrogen) atoms. The van der Waals surface area contributed by atoms with Gasteiger partial charge in [-0.05, 0) is 43.3 Å². The molecule has 3 aromatic rings. The van der Waals surface area contributed by atoms with Crippen LogP contribution in [-0.4, -0.2) is 76.5 Å². The number of pyridine rings is 1. The lowest BCUT2D eigenvalue weighted by Gasteiger charge is -2.38. The fraction of sp³-hybridized carbons (Fsp3) is 0.379. The van der Waals surface area contributed by atoms with Crippen molar-refractivity contribution in [3.8, 4) is 5.75 Å². The van der Waals surface area contributed by atoms with Gasteiger partial charge in [0.25, 0.3) is 11.8 Å². The summed E-state index contributed by atoms with van der Waals surface area (Å²) in [6, 6.07) is 15.9. The number of ether oxygens (including phenoxy) is 1. The van der Waals surface area contributed by atoms with Crippen LogP contribution in [0.2, 0.25) is 0 Å². The fourth-order valence-corrected chi connectivity index (χ4v) is 4.75. The van der Waals surface area contributed by atoms with Crippen LogP contribution in [0.1, 0.15) is 35.5 Å². The molecule has 1 atom stereocenters. The fourth-order valence-electron chi connectivity index (χ4n) is 4.75. The number of fused-ring (bicyclic) bond motifs is 1. The molecule has 4 rings (SSSR count). The summed E-state index contributed by atoms with van der Waals surface area (Å²) in [6.07, 6.45) is 0. The van der Waals surface area contributed by atoms with Crippen LogP contribution in [0, 0.1) is 12.8 Å². The molecule has 0 saturated carbocycles. The summed E-state index contributed by atoms with van der Waals surface area (Å²) in [5.41, 5.74) is 4.98. The Kier molecular flexibility index (Phi) is 9.11. The zero-order valence-corrected chi connectivity index (χ0v) is 22.5. The van der Waals surface area contributed by atoms with Gasteiger partial charge < -0.3 is 15.0 Å². The second kappa shape index (κ2) is 12.7. The van der Waals surface area contributed by atoms with Crippen molar-refractivity contribution in [3.05, 3.63) is 71.4 Å². The molecular weight excluding hydrogens is 498 g/mol. The number of benzene rings is 2. The highest BCUT2D eigenvalue weighted by molar-refractivity contribution is 5.94. The van der Waals surface area contributed by atoms with Gasteiger partial charge in [-0.3, -0.25) is 29.5 Å². The summed E-state index contributed by atoms with van der Waals surface area (Å²) in [5, 5.41) is 13.1. The Balaban J connectivity index is 1.33. The van der Waals surface area contributed by atoms with Crippen LogP contribution in [0.15, 0.2) is 54.6 Å². The zero-order valence-electron chi connectivity index (χ0n) is 22.5. The highest BCUT2D eigenvalue weighted by atomic mass is 16.5. The van der Waals surface area contributed by atoms with E-state index in [1.54, 1.807) is 34.6 Å². The van der Waals surface area contributed by atoms with E-state index in [0.717, 1.165) is 22.2 Å². The van der Waals surface area contributed by atoms with Crippen LogP contribution >= 0.6 is 0 Å². The van der Waals surface area contributed by atoms with Crippen molar-refractivity contribution < 1.29 is 24.3 Å². The van der Waals surface area contributed by atoms with Crippen LogP contribution in [0.4, 0.5) is 0 Å². The topological polar surface area (TPSA) is 124 Å². The molecule has 3 N–H and O–H groups in total. The minimum Gasteiger partial charge on any atom is -0.489 e. The molecule has 1 aromatic heterocycles. The lowest BCUT2D eigenvalue weighted by Crippen LogP contribution is -2.59. The summed E-state index contributed by atoms with van der Waals surface area (Å²) >= 11 is 0. The number of aryl methyl sites for hydroxylation is 1. The number of piperazine rings is 1. The third-order valence-electron chi connectivity index (χ3n) is 6.87. The number of hydroxylamine groups is 1. The third kappa shape index (κ3) is 6.90. The summed E-state index contributed by atoms with van der Waals surface area (Å²) in [4.78, 5) is 45.6. The van der Waals surface area contributed by atoms with E-state index in [9.17, 15) is 19.6 Å². The molecule has 1 aliphatic rings. The minimum atomic E-state index is -0.767. The van der Waals surface area contributed by atoms with E-state index in [1.165, 1.54) is 0 Å². The first-order valence-electron chi connectivity index (χ1n) is 13.1. The number of rotatable bonds is 9. The largest absolute Gasteiger partial charge is 0.489 e. The van der Waals surface area contributed by atoms with E-state index in [2.05, 4.69) is 10.3 Å². The second-order valence-corrected chi connectivity index (χ2v) is 9.97. The molecule has 10 nitrogen and oxygen atoms in total. The van der Waals surface area contributed by atoms with Crippen LogP contribution in [0.3, 0.4) is 0 Å². The predicted octanol–water partition coefficient (Wildman–Crippen LogP) is 2.53. The maximum Gasteiger partial charge on any atom is 0.262 e. The van der Waals surface area contributed by atoms with E-state index in [4.69, 9.17) is 4.74 Å². The Morgan fingerprint density at radius 2 is 1.72 bits per heavy atom. The van der Waals surface area contributed by atoms with E-state index in [-0.39, 0.29) is 24.3 Å². The Hall–Kier alpha value is -4.02. The number of amides is 3. The molecule has 0 bridgehead atoms.